The number of esters is 1. The SMILES string of the molecule is COC(=O)c1ccc(Cl)c(NC(=O)CCNc2ccc(F)c(F)c2F)c1. The Bertz CT molecular complexity index is 846. The van der Waals surface area contributed by atoms with E-state index in [4.69, 9.17) is 11.6 Å². The van der Waals surface area contributed by atoms with Gasteiger partial charge in [0.15, 0.2) is 17.5 Å². The van der Waals surface area contributed by atoms with E-state index in [9.17, 15) is 22.8 Å². The van der Waals surface area contributed by atoms with E-state index in [-0.39, 0.29) is 34.9 Å². The molecule has 0 unspecified atom stereocenters. The molecule has 0 spiro atoms. The fraction of sp³-hybridized carbons (Fsp3) is 0.176. The molecular weight excluding hydrogens is 373 g/mol. The zero-order valence-electron chi connectivity index (χ0n) is 13.5. The summed E-state index contributed by atoms with van der Waals surface area (Å²) < 4.78 is 44.1. The Kier molecular flexibility index (Phi) is 6.46. The predicted molar refractivity (Wildman–Crippen MR) is 90.8 cm³/mol. The van der Waals surface area contributed by atoms with Gasteiger partial charge >= 0.3 is 5.97 Å². The van der Waals surface area contributed by atoms with Crippen LogP contribution in [0.3, 0.4) is 0 Å². The normalized spacial score (nSPS) is 10.3. The molecule has 0 radical (unpaired) electrons. The van der Waals surface area contributed by atoms with Gasteiger partial charge in [-0.1, -0.05) is 11.6 Å². The van der Waals surface area contributed by atoms with E-state index in [2.05, 4.69) is 15.4 Å². The number of carbonyl (C=O) groups is 2. The highest BCUT2D eigenvalue weighted by atomic mass is 35.5. The van der Waals surface area contributed by atoms with Gasteiger partial charge in [-0.15, -0.1) is 0 Å². The molecule has 138 valence electrons. The lowest BCUT2D eigenvalue weighted by atomic mass is 10.2. The van der Waals surface area contributed by atoms with Crippen molar-refractivity contribution in [2.45, 2.75) is 6.42 Å². The maximum Gasteiger partial charge on any atom is 0.337 e. The molecule has 0 aliphatic heterocycles. The summed E-state index contributed by atoms with van der Waals surface area (Å²) in [6, 6.07) is 6.03. The maximum absolute atomic E-state index is 13.5. The lowest BCUT2D eigenvalue weighted by Crippen LogP contribution is -2.17. The molecule has 0 bridgehead atoms. The van der Waals surface area contributed by atoms with E-state index in [1.165, 1.54) is 25.3 Å². The van der Waals surface area contributed by atoms with Crippen molar-refractivity contribution in [1.82, 2.24) is 0 Å². The molecule has 0 saturated carbocycles. The van der Waals surface area contributed by atoms with E-state index in [1.54, 1.807) is 0 Å². The van der Waals surface area contributed by atoms with Crippen LogP contribution < -0.4 is 10.6 Å². The largest absolute Gasteiger partial charge is 0.465 e. The van der Waals surface area contributed by atoms with Crippen LogP contribution in [0.15, 0.2) is 30.3 Å². The Labute approximate surface area is 152 Å². The first kappa shape index (κ1) is 19.6. The molecular formula is C17H14ClF3N2O3. The summed E-state index contributed by atoms with van der Waals surface area (Å²) in [5.74, 6) is -5.33. The first-order valence-corrected chi connectivity index (χ1v) is 7.76. The van der Waals surface area contributed by atoms with Crippen molar-refractivity contribution < 1.29 is 27.5 Å². The van der Waals surface area contributed by atoms with Crippen molar-refractivity contribution in [3.05, 3.63) is 58.4 Å². The van der Waals surface area contributed by atoms with Crippen molar-refractivity contribution in [1.29, 1.82) is 0 Å². The third-order valence-electron chi connectivity index (χ3n) is 3.36. The van der Waals surface area contributed by atoms with E-state index >= 15 is 0 Å². The van der Waals surface area contributed by atoms with Gasteiger partial charge in [-0.25, -0.2) is 18.0 Å². The van der Waals surface area contributed by atoms with Crippen LogP contribution in [0.5, 0.6) is 0 Å². The Balaban J connectivity index is 1.95. The number of methoxy groups -OCH3 is 1. The van der Waals surface area contributed by atoms with Crippen molar-refractivity contribution in [3.8, 4) is 0 Å². The second kappa shape index (κ2) is 8.57. The average molecular weight is 387 g/mol. The quantitative estimate of drug-likeness (QED) is 0.582. The fourth-order valence-electron chi connectivity index (χ4n) is 2.05. The monoisotopic (exact) mass is 386 g/mol. The molecule has 2 aromatic carbocycles. The van der Waals surface area contributed by atoms with E-state index in [0.29, 0.717) is 0 Å². The van der Waals surface area contributed by atoms with Crippen molar-refractivity contribution in [2.24, 2.45) is 0 Å². The van der Waals surface area contributed by atoms with E-state index in [0.717, 1.165) is 12.1 Å². The molecule has 0 atom stereocenters. The van der Waals surface area contributed by atoms with Crippen molar-refractivity contribution in [2.75, 3.05) is 24.3 Å². The van der Waals surface area contributed by atoms with Crippen LogP contribution in [0, 0.1) is 17.5 Å². The highest BCUT2D eigenvalue weighted by Crippen LogP contribution is 2.24. The topological polar surface area (TPSA) is 67.4 Å². The van der Waals surface area contributed by atoms with Crippen molar-refractivity contribution >= 4 is 34.9 Å². The number of hydrogen-bond donors (Lipinski definition) is 2. The summed E-state index contributed by atoms with van der Waals surface area (Å²) in [4.78, 5) is 23.5. The van der Waals surface area contributed by atoms with Gasteiger partial charge in [0.25, 0.3) is 0 Å². The van der Waals surface area contributed by atoms with Gasteiger partial charge in [0.1, 0.15) is 0 Å². The molecule has 2 aromatic rings. The minimum Gasteiger partial charge on any atom is -0.465 e. The van der Waals surface area contributed by atoms with E-state index < -0.39 is 29.3 Å². The molecule has 0 aromatic heterocycles. The van der Waals surface area contributed by atoms with E-state index in [1.807, 2.05) is 0 Å². The summed E-state index contributed by atoms with van der Waals surface area (Å²) in [7, 11) is 1.22. The number of hydrogen-bond acceptors (Lipinski definition) is 4. The molecule has 1 amide bonds. The first-order valence-electron chi connectivity index (χ1n) is 7.38. The lowest BCUT2D eigenvalue weighted by molar-refractivity contribution is -0.115. The van der Waals surface area contributed by atoms with Crippen LogP contribution in [-0.4, -0.2) is 25.5 Å². The molecule has 2 rings (SSSR count). The van der Waals surface area contributed by atoms with Gasteiger partial charge in [-0.2, -0.15) is 0 Å². The summed E-state index contributed by atoms with van der Waals surface area (Å²) in [5.41, 5.74) is 0.148. The molecule has 2 N–H and O–H groups in total. The summed E-state index contributed by atoms with van der Waals surface area (Å²) in [6.07, 6.45) is -0.114. The number of amides is 1. The van der Waals surface area contributed by atoms with Crippen LogP contribution in [0.4, 0.5) is 24.5 Å². The molecule has 5 nitrogen and oxygen atoms in total. The number of rotatable bonds is 6. The summed E-state index contributed by atoms with van der Waals surface area (Å²) >= 11 is 5.96. The number of nitrogens with one attached hydrogen (secondary N) is 2. The number of benzene rings is 2. The lowest BCUT2D eigenvalue weighted by Gasteiger charge is -2.10. The number of carbonyl (C=O) groups excluding carboxylic acids is 2. The molecule has 26 heavy (non-hydrogen) atoms. The minimum atomic E-state index is -1.59. The molecule has 0 saturated heterocycles. The third-order valence-corrected chi connectivity index (χ3v) is 3.69. The minimum absolute atomic E-state index is 0.0395. The van der Waals surface area contributed by atoms with Gasteiger partial charge in [-0.05, 0) is 30.3 Å². The zero-order chi connectivity index (χ0) is 19.3. The van der Waals surface area contributed by atoms with Gasteiger partial charge in [-0.3, -0.25) is 4.79 Å². The molecule has 0 heterocycles. The average Bonchev–Trinajstić information content (AvgIpc) is 2.62. The fourth-order valence-corrected chi connectivity index (χ4v) is 2.22. The van der Waals surface area contributed by atoms with Crippen LogP contribution in [0.25, 0.3) is 0 Å². The maximum atomic E-state index is 13.5. The summed E-state index contributed by atoms with van der Waals surface area (Å²) in [5, 5.41) is 5.22. The Hall–Kier alpha value is -2.74. The molecule has 0 aliphatic carbocycles. The van der Waals surface area contributed by atoms with Crippen LogP contribution in [-0.2, 0) is 9.53 Å². The Morgan fingerprint density at radius 1 is 1.08 bits per heavy atom. The second-order valence-corrected chi connectivity index (χ2v) is 5.54. The number of anilines is 2. The smallest absolute Gasteiger partial charge is 0.337 e. The van der Waals surface area contributed by atoms with Crippen LogP contribution >= 0.6 is 11.6 Å². The molecule has 0 fully saturated rings. The highest BCUT2D eigenvalue weighted by molar-refractivity contribution is 6.33. The number of halogens is 4. The molecule has 0 aliphatic rings. The molecule has 9 heteroatoms. The highest BCUT2D eigenvalue weighted by Gasteiger charge is 2.14. The van der Waals surface area contributed by atoms with Gasteiger partial charge in [0.05, 0.1) is 29.1 Å². The standard InChI is InChI=1S/C17H14ClF3N2O3/c1-26-17(25)9-2-3-10(18)13(8-9)23-14(24)6-7-22-12-5-4-11(19)15(20)16(12)21/h2-5,8,22H,6-7H2,1H3,(H,23,24). The number of ether oxygens (including phenoxy) is 1. The summed E-state index contributed by atoms with van der Waals surface area (Å²) in [6.45, 7) is -0.0395. The Morgan fingerprint density at radius 3 is 2.50 bits per heavy atom. The van der Waals surface area contributed by atoms with Gasteiger partial charge in [0.2, 0.25) is 5.91 Å². The zero-order valence-corrected chi connectivity index (χ0v) is 14.3. The van der Waals surface area contributed by atoms with Crippen LogP contribution in [0.2, 0.25) is 5.02 Å². The second-order valence-electron chi connectivity index (χ2n) is 5.13. The predicted octanol–water partition coefficient (Wildman–Crippen LogP) is 3.98. The van der Waals surface area contributed by atoms with Gasteiger partial charge < -0.3 is 15.4 Å². The Morgan fingerprint density at radius 2 is 1.81 bits per heavy atom. The third kappa shape index (κ3) is 4.66. The van der Waals surface area contributed by atoms with Crippen LogP contribution in [0.1, 0.15) is 16.8 Å². The first-order chi connectivity index (χ1) is 12.3. The van der Waals surface area contributed by atoms with Gasteiger partial charge in [0, 0.05) is 13.0 Å². The van der Waals surface area contributed by atoms with Crippen molar-refractivity contribution in [3.63, 3.8) is 0 Å².